The Morgan fingerprint density at radius 2 is 2.05 bits per heavy atom. The van der Waals surface area contributed by atoms with Gasteiger partial charge in [0.2, 0.25) is 0 Å². The zero-order valence-corrected chi connectivity index (χ0v) is 11.0. The van der Waals surface area contributed by atoms with Crippen molar-refractivity contribution < 1.29 is 13.2 Å². The van der Waals surface area contributed by atoms with Gasteiger partial charge in [0, 0.05) is 0 Å². The summed E-state index contributed by atoms with van der Waals surface area (Å²) < 4.78 is 39.5. The Morgan fingerprint density at radius 3 is 2.70 bits per heavy atom. The Hall–Kier alpha value is -2.05. The van der Waals surface area contributed by atoms with Gasteiger partial charge in [0.15, 0.2) is 5.82 Å². The number of hydrogen-bond acceptors (Lipinski definition) is 3. The molecule has 2 aromatic rings. The van der Waals surface area contributed by atoms with E-state index in [0.717, 1.165) is 24.2 Å². The molecule has 0 aliphatic rings. The van der Waals surface area contributed by atoms with E-state index in [0.29, 0.717) is 17.8 Å². The third-order valence-electron chi connectivity index (χ3n) is 2.94. The molecule has 7 heteroatoms. The van der Waals surface area contributed by atoms with E-state index in [1.54, 1.807) is 10.7 Å². The molecule has 0 aliphatic heterocycles. The maximum atomic E-state index is 12.7. The van der Waals surface area contributed by atoms with E-state index in [9.17, 15) is 13.2 Å². The summed E-state index contributed by atoms with van der Waals surface area (Å²) in [6, 6.07) is 5.18. The van der Waals surface area contributed by atoms with Crippen LogP contribution in [0.4, 0.5) is 19.0 Å². The van der Waals surface area contributed by atoms with Crippen molar-refractivity contribution in [2.45, 2.75) is 32.5 Å². The summed E-state index contributed by atoms with van der Waals surface area (Å²) in [5.74, 6) is 0.332. The summed E-state index contributed by atoms with van der Waals surface area (Å²) in [6.07, 6.45) is -2.79. The highest BCUT2D eigenvalue weighted by Gasteiger charge is 2.30. The molecular weight excluding hydrogens is 269 g/mol. The molecule has 0 bridgehead atoms. The summed E-state index contributed by atoms with van der Waals surface area (Å²) >= 11 is 0. The van der Waals surface area contributed by atoms with Gasteiger partial charge in [-0.15, -0.1) is 5.10 Å². The predicted octanol–water partition coefficient (Wildman–Crippen LogP) is 2.88. The number of aromatic nitrogens is 3. The SMILES string of the molecule is CCCc1c(N)nnn1Cc1cccc(C(F)(F)F)c1. The fourth-order valence-corrected chi connectivity index (χ4v) is 1.99. The lowest BCUT2D eigenvalue weighted by molar-refractivity contribution is -0.137. The number of benzene rings is 1. The van der Waals surface area contributed by atoms with Crippen molar-refractivity contribution in [3.05, 3.63) is 41.1 Å². The van der Waals surface area contributed by atoms with Crippen molar-refractivity contribution in [2.75, 3.05) is 5.73 Å². The van der Waals surface area contributed by atoms with Crippen molar-refractivity contribution in [3.8, 4) is 0 Å². The van der Waals surface area contributed by atoms with Gasteiger partial charge in [-0.3, -0.25) is 0 Å². The van der Waals surface area contributed by atoms with Gasteiger partial charge in [-0.25, -0.2) is 4.68 Å². The van der Waals surface area contributed by atoms with E-state index in [-0.39, 0.29) is 6.54 Å². The molecular formula is C13H15F3N4. The van der Waals surface area contributed by atoms with Gasteiger partial charge in [0.05, 0.1) is 17.8 Å². The zero-order chi connectivity index (χ0) is 14.8. The molecule has 1 aromatic heterocycles. The fraction of sp³-hybridized carbons (Fsp3) is 0.385. The van der Waals surface area contributed by atoms with Gasteiger partial charge in [0.25, 0.3) is 0 Å². The lowest BCUT2D eigenvalue weighted by atomic mass is 10.1. The van der Waals surface area contributed by atoms with Gasteiger partial charge in [-0.05, 0) is 24.1 Å². The number of hydrogen-bond donors (Lipinski definition) is 1. The maximum Gasteiger partial charge on any atom is 0.416 e. The van der Waals surface area contributed by atoms with Crippen LogP contribution in [-0.4, -0.2) is 15.0 Å². The molecule has 108 valence electrons. The van der Waals surface area contributed by atoms with Crippen molar-refractivity contribution in [2.24, 2.45) is 0 Å². The minimum absolute atomic E-state index is 0.226. The lowest BCUT2D eigenvalue weighted by Gasteiger charge is -2.10. The average Bonchev–Trinajstić information content (AvgIpc) is 2.71. The molecule has 0 fully saturated rings. The minimum atomic E-state index is -4.34. The number of nitrogens with zero attached hydrogens (tertiary/aromatic N) is 3. The molecule has 0 atom stereocenters. The summed E-state index contributed by atoms with van der Waals surface area (Å²) in [5.41, 5.74) is 6.31. The van der Waals surface area contributed by atoms with E-state index in [2.05, 4.69) is 10.3 Å². The Labute approximate surface area is 114 Å². The molecule has 0 aliphatic carbocycles. The van der Waals surface area contributed by atoms with E-state index in [1.165, 1.54) is 6.07 Å². The molecule has 4 nitrogen and oxygen atoms in total. The normalized spacial score (nSPS) is 11.8. The second-order valence-corrected chi connectivity index (χ2v) is 4.53. The Kier molecular flexibility index (Phi) is 3.96. The standard InChI is InChI=1S/C13H15F3N4/c1-2-4-11-12(17)18-19-20(11)8-9-5-3-6-10(7-9)13(14,15)16/h3,5-7H,2,4,8,17H2,1H3. The molecule has 0 amide bonds. The van der Waals surface area contributed by atoms with Crippen LogP contribution < -0.4 is 5.73 Å². The first-order valence-electron chi connectivity index (χ1n) is 6.25. The molecule has 2 N–H and O–H groups in total. The second kappa shape index (κ2) is 5.52. The summed E-state index contributed by atoms with van der Waals surface area (Å²) in [5, 5.41) is 7.65. The number of alkyl halides is 3. The van der Waals surface area contributed by atoms with Crippen molar-refractivity contribution in [3.63, 3.8) is 0 Å². The topological polar surface area (TPSA) is 56.7 Å². The van der Waals surface area contributed by atoms with Crippen LogP contribution in [0.3, 0.4) is 0 Å². The van der Waals surface area contributed by atoms with Crippen LogP contribution in [0.25, 0.3) is 0 Å². The number of nitrogens with two attached hydrogens (primary N) is 1. The first-order chi connectivity index (χ1) is 9.41. The first-order valence-corrected chi connectivity index (χ1v) is 6.25. The van der Waals surface area contributed by atoms with Crippen LogP contribution in [0.5, 0.6) is 0 Å². The minimum Gasteiger partial charge on any atom is -0.381 e. The molecule has 20 heavy (non-hydrogen) atoms. The Balaban J connectivity index is 2.26. The van der Waals surface area contributed by atoms with Gasteiger partial charge >= 0.3 is 6.18 Å². The zero-order valence-electron chi connectivity index (χ0n) is 11.0. The molecule has 0 saturated carbocycles. The molecule has 2 rings (SSSR count). The van der Waals surface area contributed by atoms with Crippen LogP contribution in [0.1, 0.15) is 30.2 Å². The number of nitrogen functional groups attached to an aromatic ring is 1. The van der Waals surface area contributed by atoms with Gasteiger partial charge in [0.1, 0.15) is 0 Å². The monoisotopic (exact) mass is 284 g/mol. The molecule has 0 spiro atoms. The van der Waals surface area contributed by atoms with Crippen LogP contribution in [0, 0.1) is 0 Å². The second-order valence-electron chi connectivity index (χ2n) is 4.53. The Morgan fingerprint density at radius 1 is 1.30 bits per heavy atom. The van der Waals surface area contributed by atoms with Gasteiger partial charge < -0.3 is 5.73 Å². The third kappa shape index (κ3) is 3.09. The smallest absolute Gasteiger partial charge is 0.381 e. The fourth-order valence-electron chi connectivity index (χ4n) is 1.99. The van der Waals surface area contributed by atoms with Crippen molar-refractivity contribution >= 4 is 5.82 Å². The van der Waals surface area contributed by atoms with Crippen LogP contribution in [-0.2, 0) is 19.1 Å². The van der Waals surface area contributed by atoms with E-state index in [1.807, 2.05) is 6.92 Å². The number of anilines is 1. The predicted molar refractivity (Wildman–Crippen MR) is 69.0 cm³/mol. The molecule has 0 unspecified atom stereocenters. The quantitative estimate of drug-likeness (QED) is 0.939. The van der Waals surface area contributed by atoms with Crippen molar-refractivity contribution in [1.82, 2.24) is 15.0 Å². The van der Waals surface area contributed by atoms with Crippen LogP contribution in [0.15, 0.2) is 24.3 Å². The maximum absolute atomic E-state index is 12.7. The molecule has 0 saturated heterocycles. The summed E-state index contributed by atoms with van der Waals surface area (Å²) in [4.78, 5) is 0. The number of halogens is 3. The first kappa shape index (κ1) is 14.4. The lowest BCUT2D eigenvalue weighted by Crippen LogP contribution is -2.09. The van der Waals surface area contributed by atoms with Crippen LogP contribution >= 0.6 is 0 Å². The molecule has 1 heterocycles. The highest BCUT2D eigenvalue weighted by atomic mass is 19.4. The van der Waals surface area contributed by atoms with Gasteiger partial charge in [-0.2, -0.15) is 13.2 Å². The third-order valence-corrected chi connectivity index (χ3v) is 2.94. The average molecular weight is 284 g/mol. The summed E-state index contributed by atoms with van der Waals surface area (Å²) in [7, 11) is 0. The van der Waals surface area contributed by atoms with E-state index < -0.39 is 11.7 Å². The van der Waals surface area contributed by atoms with E-state index in [4.69, 9.17) is 5.73 Å². The van der Waals surface area contributed by atoms with Gasteiger partial charge in [-0.1, -0.05) is 30.7 Å². The highest BCUT2D eigenvalue weighted by molar-refractivity contribution is 5.34. The Bertz CT molecular complexity index is 590. The van der Waals surface area contributed by atoms with Crippen molar-refractivity contribution in [1.29, 1.82) is 0 Å². The highest BCUT2D eigenvalue weighted by Crippen LogP contribution is 2.29. The molecule has 1 aromatic carbocycles. The number of rotatable bonds is 4. The molecule has 0 radical (unpaired) electrons. The summed E-state index contributed by atoms with van der Waals surface area (Å²) in [6.45, 7) is 2.21. The van der Waals surface area contributed by atoms with Crippen LogP contribution in [0.2, 0.25) is 0 Å². The van der Waals surface area contributed by atoms with E-state index >= 15 is 0 Å². The largest absolute Gasteiger partial charge is 0.416 e.